The number of ether oxygens (including phenoxy) is 2. The molecule has 0 atom stereocenters. The Bertz CT molecular complexity index is 1200. The van der Waals surface area contributed by atoms with Gasteiger partial charge in [-0.15, -0.1) is 0 Å². The molecule has 2 aromatic carbocycles. The molecule has 1 aliphatic rings. The van der Waals surface area contributed by atoms with E-state index in [-0.39, 0.29) is 5.91 Å². The number of amides is 1. The molecule has 1 saturated heterocycles. The molecule has 1 aliphatic heterocycles. The Hall–Kier alpha value is -3.20. The molecule has 0 aliphatic carbocycles. The zero-order valence-electron chi connectivity index (χ0n) is 18.8. The molecule has 0 saturated carbocycles. The highest BCUT2D eigenvalue weighted by atomic mass is 32.2. The minimum atomic E-state index is -0.0855. The number of carbonyl (C=O) groups excluding carboxylic acids is 1. The fourth-order valence-electron chi connectivity index (χ4n) is 3.50. The standard InChI is InChI=1S/C26H25N3O3S2/c1-3-15-32-22-12-10-19(11-13-22)24-20(18-29(27-24)21-8-5-4-6-9-21)17-23-25(30)28(26(33)34-23)14-7-16-31-2/h3-6,8-13,17-18H,1,7,14-16H2,2H3. The van der Waals surface area contributed by atoms with Gasteiger partial charge in [0.2, 0.25) is 0 Å². The predicted molar refractivity (Wildman–Crippen MR) is 141 cm³/mol. The molecule has 34 heavy (non-hydrogen) atoms. The summed E-state index contributed by atoms with van der Waals surface area (Å²) in [6, 6.07) is 17.6. The molecule has 1 aromatic heterocycles. The summed E-state index contributed by atoms with van der Waals surface area (Å²) in [5, 5.41) is 4.84. The van der Waals surface area contributed by atoms with Crippen molar-refractivity contribution in [2.45, 2.75) is 6.42 Å². The molecule has 0 bridgehead atoms. The van der Waals surface area contributed by atoms with Crippen LogP contribution in [0.1, 0.15) is 12.0 Å². The van der Waals surface area contributed by atoms with Crippen molar-refractivity contribution in [1.82, 2.24) is 14.7 Å². The Kier molecular flexibility index (Phi) is 7.95. The van der Waals surface area contributed by atoms with Crippen molar-refractivity contribution in [2.24, 2.45) is 0 Å². The van der Waals surface area contributed by atoms with Crippen LogP contribution in [0.3, 0.4) is 0 Å². The summed E-state index contributed by atoms with van der Waals surface area (Å²) in [5.41, 5.74) is 3.45. The van der Waals surface area contributed by atoms with Gasteiger partial charge in [0.05, 0.1) is 16.3 Å². The van der Waals surface area contributed by atoms with Crippen LogP contribution in [0.4, 0.5) is 0 Å². The van der Waals surface area contributed by atoms with E-state index in [1.165, 1.54) is 11.8 Å². The molecule has 0 N–H and O–H groups in total. The van der Waals surface area contributed by atoms with Gasteiger partial charge in [-0.1, -0.05) is 54.8 Å². The summed E-state index contributed by atoms with van der Waals surface area (Å²) in [6.45, 7) is 5.24. The zero-order chi connectivity index (χ0) is 23.9. The lowest BCUT2D eigenvalue weighted by molar-refractivity contribution is -0.122. The van der Waals surface area contributed by atoms with E-state index < -0.39 is 0 Å². The highest BCUT2D eigenvalue weighted by molar-refractivity contribution is 8.26. The normalized spacial score (nSPS) is 14.7. The molecular weight excluding hydrogens is 466 g/mol. The third-order valence-electron chi connectivity index (χ3n) is 5.15. The summed E-state index contributed by atoms with van der Waals surface area (Å²) in [5.74, 6) is 0.669. The first kappa shape index (κ1) is 23.9. The fraction of sp³-hybridized carbons (Fsp3) is 0.192. The highest BCUT2D eigenvalue weighted by Gasteiger charge is 2.32. The quantitative estimate of drug-likeness (QED) is 0.165. The number of carbonyl (C=O) groups is 1. The molecular formula is C26H25N3O3S2. The summed E-state index contributed by atoms with van der Waals surface area (Å²) in [4.78, 5) is 15.3. The van der Waals surface area contributed by atoms with Crippen LogP contribution in [0.5, 0.6) is 5.75 Å². The molecule has 6 nitrogen and oxygen atoms in total. The van der Waals surface area contributed by atoms with Crippen molar-refractivity contribution >= 4 is 40.3 Å². The van der Waals surface area contributed by atoms with Crippen LogP contribution < -0.4 is 4.74 Å². The average Bonchev–Trinajstić information content (AvgIpc) is 3.40. The highest BCUT2D eigenvalue weighted by Crippen LogP contribution is 2.35. The summed E-state index contributed by atoms with van der Waals surface area (Å²) >= 11 is 6.78. The van der Waals surface area contributed by atoms with Crippen molar-refractivity contribution in [1.29, 1.82) is 0 Å². The van der Waals surface area contributed by atoms with Crippen molar-refractivity contribution in [3.05, 3.63) is 83.9 Å². The molecule has 0 radical (unpaired) electrons. The SMILES string of the molecule is C=CCOc1ccc(-c2nn(-c3ccccc3)cc2C=C2SC(=S)N(CCCOC)C2=O)cc1. The largest absolute Gasteiger partial charge is 0.490 e. The number of hydrogen-bond donors (Lipinski definition) is 0. The van der Waals surface area contributed by atoms with Crippen LogP contribution in [0.2, 0.25) is 0 Å². The third-order valence-corrected chi connectivity index (χ3v) is 6.53. The number of hydrogen-bond acceptors (Lipinski definition) is 6. The van der Waals surface area contributed by atoms with Crippen molar-refractivity contribution in [3.8, 4) is 22.7 Å². The third kappa shape index (κ3) is 5.47. The van der Waals surface area contributed by atoms with Crippen LogP contribution >= 0.6 is 24.0 Å². The molecule has 0 spiro atoms. The first-order valence-electron chi connectivity index (χ1n) is 10.8. The van der Waals surface area contributed by atoms with E-state index >= 15 is 0 Å². The van der Waals surface area contributed by atoms with E-state index in [0.717, 1.165) is 34.7 Å². The van der Waals surface area contributed by atoms with Crippen LogP contribution in [0, 0.1) is 0 Å². The van der Waals surface area contributed by atoms with Crippen LogP contribution in [-0.2, 0) is 9.53 Å². The Morgan fingerprint density at radius 1 is 1.15 bits per heavy atom. The maximum atomic E-state index is 13.0. The van der Waals surface area contributed by atoms with Crippen molar-refractivity contribution in [3.63, 3.8) is 0 Å². The lowest BCUT2D eigenvalue weighted by Crippen LogP contribution is -2.29. The van der Waals surface area contributed by atoms with Gasteiger partial charge in [0.25, 0.3) is 5.91 Å². The van der Waals surface area contributed by atoms with Crippen molar-refractivity contribution < 1.29 is 14.3 Å². The zero-order valence-corrected chi connectivity index (χ0v) is 20.5. The van der Waals surface area contributed by atoms with Gasteiger partial charge in [-0.05, 0) is 48.9 Å². The molecule has 3 aromatic rings. The lowest BCUT2D eigenvalue weighted by atomic mass is 10.1. The minimum Gasteiger partial charge on any atom is -0.490 e. The number of nitrogens with zero attached hydrogens (tertiary/aromatic N) is 3. The number of para-hydroxylation sites is 1. The first-order chi connectivity index (χ1) is 16.6. The Labute approximate surface area is 208 Å². The summed E-state index contributed by atoms with van der Waals surface area (Å²) < 4.78 is 13.1. The number of thiocarbonyl (C=S) groups is 1. The molecule has 2 heterocycles. The van der Waals surface area contributed by atoms with Gasteiger partial charge < -0.3 is 9.47 Å². The number of methoxy groups -OCH3 is 1. The smallest absolute Gasteiger partial charge is 0.266 e. The van der Waals surface area contributed by atoms with E-state index in [9.17, 15) is 4.79 Å². The van der Waals surface area contributed by atoms with E-state index in [1.54, 1.807) is 18.1 Å². The number of rotatable bonds is 10. The second-order valence-corrected chi connectivity index (χ2v) is 9.19. The van der Waals surface area contributed by atoms with E-state index in [4.69, 9.17) is 26.8 Å². The molecule has 4 rings (SSSR count). The van der Waals surface area contributed by atoms with Crippen LogP contribution in [0.25, 0.3) is 23.0 Å². The van der Waals surface area contributed by atoms with Crippen LogP contribution in [0.15, 0.2) is 78.4 Å². The molecule has 174 valence electrons. The van der Waals surface area contributed by atoms with Crippen molar-refractivity contribution in [2.75, 3.05) is 26.9 Å². The van der Waals surface area contributed by atoms with Gasteiger partial charge in [-0.25, -0.2) is 4.68 Å². The topological polar surface area (TPSA) is 56.6 Å². The number of benzene rings is 2. The van der Waals surface area contributed by atoms with Gasteiger partial charge in [0.1, 0.15) is 16.7 Å². The molecule has 1 fully saturated rings. The van der Waals surface area contributed by atoms with Crippen LogP contribution in [-0.4, -0.2) is 51.8 Å². The molecule has 8 heteroatoms. The second-order valence-electron chi connectivity index (χ2n) is 7.52. The van der Waals surface area contributed by atoms with E-state index in [1.807, 2.05) is 71.6 Å². The predicted octanol–water partition coefficient (Wildman–Crippen LogP) is 5.34. The van der Waals surface area contributed by atoms with Gasteiger partial charge in [0, 0.05) is 37.6 Å². The first-order valence-corrected chi connectivity index (χ1v) is 12.1. The maximum absolute atomic E-state index is 13.0. The van der Waals surface area contributed by atoms with Gasteiger partial charge in [0.15, 0.2) is 0 Å². The van der Waals surface area contributed by atoms with E-state index in [2.05, 4.69) is 6.58 Å². The maximum Gasteiger partial charge on any atom is 0.266 e. The van der Waals surface area contributed by atoms with Gasteiger partial charge in [-0.3, -0.25) is 9.69 Å². The Balaban J connectivity index is 1.68. The Morgan fingerprint density at radius 2 is 1.91 bits per heavy atom. The average molecular weight is 492 g/mol. The van der Waals surface area contributed by atoms with Gasteiger partial charge >= 0.3 is 0 Å². The molecule has 1 amide bonds. The minimum absolute atomic E-state index is 0.0855. The van der Waals surface area contributed by atoms with Gasteiger partial charge in [-0.2, -0.15) is 5.10 Å². The summed E-state index contributed by atoms with van der Waals surface area (Å²) in [7, 11) is 1.65. The number of thioether (sulfide) groups is 1. The van der Waals surface area contributed by atoms with E-state index in [0.29, 0.717) is 29.0 Å². The molecule has 0 unspecified atom stereocenters. The number of aromatic nitrogens is 2. The lowest BCUT2D eigenvalue weighted by Gasteiger charge is -2.13. The second kappa shape index (κ2) is 11.3. The fourth-order valence-corrected chi connectivity index (χ4v) is 4.79. The summed E-state index contributed by atoms with van der Waals surface area (Å²) in [6.07, 6.45) is 6.25. The Morgan fingerprint density at radius 3 is 2.62 bits per heavy atom. The monoisotopic (exact) mass is 491 g/mol.